The first-order chi connectivity index (χ1) is 15.3. The molecule has 1 fully saturated rings. The van der Waals surface area contributed by atoms with Crippen molar-refractivity contribution in [3.8, 4) is 11.5 Å². The van der Waals surface area contributed by atoms with Gasteiger partial charge in [0, 0.05) is 31.0 Å². The number of hydrogen-bond donors (Lipinski definition) is 1. The van der Waals surface area contributed by atoms with E-state index in [9.17, 15) is 9.59 Å². The quantitative estimate of drug-likeness (QED) is 0.442. The summed E-state index contributed by atoms with van der Waals surface area (Å²) in [4.78, 5) is 30.5. The highest BCUT2D eigenvalue weighted by Crippen LogP contribution is 2.29. The van der Waals surface area contributed by atoms with Crippen molar-refractivity contribution in [2.75, 3.05) is 26.9 Å². The van der Waals surface area contributed by atoms with Crippen LogP contribution in [0.4, 0.5) is 0 Å². The van der Waals surface area contributed by atoms with Crippen LogP contribution in [0.2, 0.25) is 0 Å². The Labute approximate surface area is 189 Å². The number of ketones is 1. The number of ether oxygens (including phenoxy) is 3. The van der Waals surface area contributed by atoms with Gasteiger partial charge >= 0.3 is 0 Å². The van der Waals surface area contributed by atoms with Crippen molar-refractivity contribution in [1.29, 1.82) is 0 Å². The molecular weight excluding hydrogens is 408 g/mol. The van der Waals surface area contributed by atoms with Crippen LogP contribution < -0.4 is 9.47 Å². The first kappa shape index (κ1) is 23.6. The summed E-state index contributed by atoms with van der Waals surface area (Å²) < 4.78 is 16.9. The predicted molar refractivity (Wildman–Crippen MR) is 123 cm³/mol. The van der Waals surface area contributed by atoms with Crippen molar-refractivity contribution in [3.05, 3.63) is 58.9 Å². The van der Waals surface area contributed by atoms with Crippen molar-refractivity contribution in [2.45, 2.75) is 46.3 Å². The number of aromatic nitrogens is 1. The van der Waals surface area contributed by atoms with Gasteiger partial charge in [-0.2, -0.15) is 0 Å². The van der Waals surface area contributed by atoms with Gasteiger partial charge < -0.3 is 24.1 Å². The summed E-state index contributed by atoms with van der Waals surface area (Å²) in [5.74, 6) is 1.01. The highest BCUT2D eigenvalue weighted by molar-refractivity contribution is 6.02. The van der Waals surface area contributed by atoms with Gasteiger partial charge in [0.25, 0.3) is 5.91 Å². The normalized spacial score (nSPS) is 15.4. The number of carbonyl (C=O) groups excluding carboxylic acids is 2. The van der Waals surface area contributed by atoms with Crippen LogP contribution in [-0.2, 0) is 11.3 Å². The number of aryl methyl sites for hydroxylation is 1. The van der Waals surface area contributed by atoms with E-state index in [2.05, 4.69) is 11.6 Å². The number of nitrogens with zero attached hydrogens (tertiary/aromatic N) is 1. The Kier molecular flexibility index (Phi) is 7.75. The molecule has 2 heterocycles. The molecule has 0 radical (unpaired) electrons. The molecule has 1 aliphatic heterocycles. The van der Waals surface area contributed by atoms with Crippen LogP contribution >= 0.6 is 0 Å². The number of methoxy groups -OCH3 is 1. The molecule has 0 aliphatic carbocycles. The zero-order valence-corrected chi connectivity index (χ0v) is 19.3. The molecule has 172 valence electrons. The molecule has 1 N–H and O–H groups in total. The van der Waals surface area contributed by atoms with Gasteiger partial charge in [-0.3, -0.25) is 9.59 Å². The van der Waals surface area contributed by atoms with Gasteiger partial charge in [0.2, 0.25) is 0 Å². The molecule has 3 rings (SSSR count). The van der Waals surface area contributed by atoms with E-state index in [1.807, 2.05) is 32.0 Å². The van der Waals surface area contributed by atoms with Gasteiger partial charge in [-0.15, -0.1) is 0 Å². The van der Waals surface area contributed by atoms with Gasteiger partial charge in [0.05, 0.1) is 13.2 Å². The van der Waals surface area contributed by atoms with Gasteiger partial charge in [-0.05, 0) is 56.9 Å². The Hall–Kier alpha value is -3.06. The molecule has 0 saturated carbocycles. The average molecular weight is 441 g/mol. The van der Waals surface area contributed by atoms with Crippen molar-refractivity contribution in [2.24, 2.45) is 0 Å². The largest absolute Gasteiger partial charge is 0.493 e. The Balaban J connectivity index is 1.89. The van der Waals surface area contributed by atoms with E-state index in [0.717, 1.165) is 18.4 Å². The van der Waals surface area contributed by atoms with Crippen molar-refractivity contribution in [3.63, 3.8) is 0 Å². The van der Waals surface area contributed by atoms with Crippen LogP contribution in [0.5, 0.6) is 11.5 Å². The molecule has 7 nitrogen and oxygen atoms in total. The number of carbonyl (C=O) groups is 2. The lowest BCUT2D eigenvalue weighted by Crippen LogP contribution is -2.37. The van der Waals surface area contributed by atoms with Crippen molar-refractivity contribution >= 4 is 11.7 Å². The van der Waals surface area contributed by atoms with Gasteiger partial charge in [-0.1, -0.05) is 18.7 Å². The van der Waals surface area contributed by atoms with Crippen LogP contribution in [0.15, 0.2) is 30.9 Å². The third-order valence-corrected chi connectivity index (χ3v) is 5.70. The van der Waals surface area contributed by atoms with Crippen LogP contribution in [0.3, 0.4) is 0 Å². The lowest BCUT2D eigenvalue weighted by Gasteiger charge is -2.26. The average Bonchev–Trinajstić information content (AvgIpc) is 3.38. The minimum Gasteiger partial charge on any atom is -0.493 e. The molecule has 0 bridgehead atoms. The molecule has 7 heteroatoms. The summed E-state index contributed by atoms with van der Waals surface area (Å²) in [7, 11) is 1.59. The maximum atomic E-state index is 13.6. The number of rotatable bonds is 10. The SMILES string of the molecule is C=CCOc1ccc(CN(C[C@@H]2CCCO2)C(=O)c2[nH]c(C)c(C(C)=O)c2C)cc1OC. The van der Waals surface area contributed by atoms with Gasteiger partial charge in [0.1, 0.15) is 12.3 Å². The zero-order valence-electron chi connectivity index (χ0n) is 19.3. The molecule has 1 aliphatic rings. The molecule has 1 amide bonds. The molecule has 1 aromatic heterocycles. The van der Waals surface area contributed by atoms with E-state index in [-0.39, 0.29) is 17.8 Å². The van der Waals surface area contributed by atoms with Crippen molar-refractivity contribution in [1.82, 2.24) is 9.88 Å². The van der Waals surface area contributed by atoms with E-state index in [4.69, 9.17) is 14.2 Å². The summed E-state index contributed by atoms with van der Waals surface area (Å²) in [6.45, 7) is 10.8. The minimum absolute atomic E-state index is 0.000290. The van der Waals surface area contributed by atoms with E-state index in [1.54, 1.807) is 18.1 Å². The van der Waals surface area contributed by atoms with Crippen LogP contribution in [0.25, 0.3) is 0 Å². The summed E-state index contributed by atoms with van der Waals surface area (Å²) in [6.07, 6.45) is 3.58. The number of aromatic amines is 1. The highest BCUT2D eigenvalue weighted by atomic mass is 16.5. The second-order valence-corrected chi connectivity index (χ2v) is 8.09. The monoisotopic (exact) mass is 440 g/mol. The fourth-order valence-corrected chi connectivity index (χ4v) is 4.20. The Morgan fingerprint density at radius 1 is 1.31 bits per heavy atom. The number of hydrogen-bond acceptors (Lipinski definition) is 5. The van der Waals surface area contributed by atoms with Gasteiger partial charge in [-0.25, -0.2) is 0 Å². The molecule has 2 aromatic rings. The van der Waals surface area contributed by atoms with E-state index in [0.29, 0.717) is 60.3 Å². The van der Waals surface area contributed by atoms with E-state index >= 15 is 0 Å². The topological polar surface area (TPSA) is 80.9 Å². The molecule has 1 saturated heterocycles. The molecule has 32 heavy (non-hydrogen) atoms. The Morgan fingerprint density at radius 3 is 2.69 bits per heavy atom. The molecule has 0 unspecified atom stereocenters. The number of amides is 1. The second-order valence-electron chi connectivity index (χ2n) is 8.09. The number of benzene rings is 1. The number of nitrogens with one attached hydrogen (secondary N) is 1. The third-order valence-electron chi connectivity index (χ3n) is 5.70. The number of H-pyrrole nitrogens is 1. The minimum atomic E-state index is -0.153. The first-order valence-electron chi connectivity index (χ1n) is 10.9. The standard InChI is InChI=1S/C25H32N2O5/c1-6-11-32-21-10-9-19(13-22(21)30-5)14-27(15-20-8-7-12-31-20)25(29)24-16(2)23(18(4)28)17(3)26-24/h6,9-10,13,20,26H,1,7-8,11-12,14-15H2,2-5H3/t20-/m0/s1. The summed E-state index contributed by atoms with van der Waals surface area (Å²) in [5.41, 5.74) is 3.33. The predicted octanol–water partition coefficient (Wildman–Crippen LogP) is 4.23. The second kappa shape index (κ2) is 10.5. The summed E-state index contributed by atoms with van der Waals surface area (Å²) >= 11 is 0. The van der Waals surface area contributed by atoms with E-state index in [1.165, 1.54) is 6.92 Å². The van der Waals surface area contributed by atoms with Crippen molar-refractivity contribution < 1.29 is 23.8 Å². The van der Waals surface area contributed by atoms with Crippen LogP contribution in [-0.4, -0.2) is 54.5 Å². The fraction of sp³-hybridized carbons (Fsp3) is 0.440. The highest BCUT2D eigenvalue weighted by Gasteiger charge is 2.28. The fourth-order valence-electron chi connectivity index (χ4n) is 4.20. The molecular formula is C25H32N2O5. The molecule has 1 atom stereocenters. The lowest BCUT2D eigenvalue weighted by atomic mass is 10.1. The maximum absolute atomic E-state index is 13.6. The Bertz CT molecular complexity index is 988. The number of Topliss-reactive ketones (excluding diaryl/α,β-unsaturated/α-hetero) is 1. The summed E-state index contributed by atoms with van der Waals surface area (Å²) in [6, 6.07) is 5.64. The summed E-state index contributed by atoms with van der Waals surface area (Å²) in [5, 5.41) is 0. The third kappa shape index (κ3) is 5.22. The van der Waals surface area contributed by atoms with E-state index < -0.39 is 0 Å². The van der Waals surface area contributed by atoms with Crippen LogP contribution in [0.1, 0.15) is 57.4 Å². The molecule has 0 spiro atoms. The zero-order chi connectivity index (χ0) is 23.3. The lowest BCUT2D eigenvalue weighted by molar-refractivity contribution is 0.0502. The smallest absolute Gasteiger partial charge is 0.270 e. The maximum Gasteiger partial charge on any atom is 0.270 e. The molecule has 1 aromatic carbocycles. The Morgan fingerprint density at radius 2 is 2.09 bits per heavy atom. The van der Waals surface area contributed by atoms with Crippen LogP contribution in [0, 0.1) is 13.8 Å². The first-order valence-corrected chi connectivity index (χ1v) is 10.9. The van der Waals surface area contributed by atoms with Gasteiger partial charge in [0.15, 0.2) is 17.3 Å².